The van der Waals surface area contributed by atoms with Gasteiger partial charge in [0.1, 0.15) is 0 Å². The van der Waals surface area contributed by atoms with Gasteiger partial charge in [0, 0.05) is 4.88 Å². The van der Waals surface area contributed by atoms with Gasteiger partial charge in [-0.05, 0) is 73.9 Å². The van der Waals surface area contributed by atoms with E-state index in [0.29, 0.717) is 10.8 Å². The summed E-state index contributed by atoms with van der Waals surface area (Å²) >= 11 is 1.45. The molecule has 134 valence electrons. The van der Waals surface area contributed by atoms with Gasteiger partial charge in [-0.2, -0.15) is 0 Å². The maximum Gasteiger partial charge on any atom is 0.276 e. The molecule has 1 aromatic heterocycles. The number of hydrazine groups is 1. The van der Waals surface area contributed by atoms with Crippen molar-refractivity contribution < 1.29 is 13.2 Å². The minimum absolute atomic E-state index is 0.134. The number of thiophene rings is 1. The number of hydrogen-bond donors (Lipinski definition) is 2. The molecule has 7 heteroatoms. The molecule has 1 aromatic carbocycles. The Labute approximate surface area is 152 Å². The maximum atomic E-state index is 12.3. The summed E-state index contributed by atoms with van der Waals surface area (Å²) in [5.74, 6) is 0.209. The van der Waals surface area contributed by atoms with Gasteiger partial charge in [0.05, 0.1) is 9.77 Å². The van der Waals surface area contributed by atoms with Crippen molar-refractivity contribution in [3.63, 3.8) is 0 Å². The van der Waals surface area contributed by atoms with Crippen molar-refractivity contribution in [3.05, 3.63) is 50.7 Å². The molecule has 0 saturated carbocycles. The van der Waals surface area contributed by atoms with Crippen LogP contribution in [0.3, 0.4) is 0 Å². The van der Waals surface area contributed by atoms with Crippen LogP contribution in [0.5, 0.6) is 0 Å². The van der Waals surface area contributed by atoms with Crippen LogP contribution < -0.4 is 10.3 Å². The summed E-state index contributed by atoms with van der Waals surface area (Å²) in [5, 5.41) is 0. The molecule has 0 fully saturated rings. The number of amides is 1. The summed E-state index contributed by atoms with van der Waals surface area (Å²) in [4.78, 5) is 16.4. The molecule has 0 aliphatic heterocycles. The van der Waals surface area contributed by atoms with Gasteiger partial charge < -0.3 is 0 Å². The molecule has 1 heterocycles. The number of nitrogens with one attached hydrogen (secondary N) is 2. The SMILES string of the molecule is Cc1ccc(S(=O)(=O)NNC(=O)c2cc3c(s2)CCC(C)C3)cc1C. The average Bonchev–Trinajstić information content (AvgIpc) is 2.98. The summed E-state index contributed by atoms with van der Waals surface area (Å²) in [6.07, 6.45) is 3.10. The molecule has 5 nitrogen and oxygen atoms in total. The number of fused-ring (bicyclic) bond motifs is 1. The van der Waals surface area contributed by atoms with E-state index in [9.17, 15) is 13.2 Å². The highest BCUT2D eigenvalue weighted by molar-refractivity contribution is 7.89. The Morgan fingerprint density at radius 2 is 1.96 bits per heavy atom. The largest absolute Gasteiger partial charge is 0.276 e. The third kappa shape index (κ3) is 3.94. The van der Waals surface area contributed by atoms with Crippen LogP contribution in [0.4, 0.5) is 0 Å². The summed E-state index contributed by atoms with van der Waals surface area (Å²) in [6.45, 7) is 5.97. The lowest BCUT2D eigenvalue weighted by molar-refractivity contribution is 0.0949. The van der Waals surface area contributed by atoms with E-state index in [1.165, 1.54) is 27.8 Å². The van der Waals surface area contributed by atoms with Crippen molar-refractivity contribution in [2.45, 2.75) is 44.9 Å². The zero-order valence-electron chi connectivity index (χ0n) is 14.5. The predicted octanol–water partition coefficient (Wildman–Crippen LogP) is 3.11. The number of carbonyl (C=O) groups is 1. The lowest BCUT2D eigenvalue weighted by Crippen LogP contribution is -2.41. The van der Waals surface area contributed by atoms with E-state index in [-0.39, 0.29) is 4.90 Å². The van der Waals surface area contributed by atoms with Crippen LogP contribution in [-0.4, -0.2) is 14.3 Å². The second-order valence-corrected chi connectivity index (χ2v) is 9.53. The van der Waals surface area contributed by atoms with Crippen LogP contribution in [-0.2, 0) is 22.9 Å². The standard InChI is InChI=1S/C18H22N2O3S2/c1-11-4-7-16-14(8-11)10-17(24-16)18(21)19-20-25(22,23)15-6-5-12(2)13(3)9-15/h5-6,9-11,20H,4,7-8H2,1-3H3,(H,19,21). The van der Waals surface area contributed by atoms with Gasteiger partial charge in [-0.15, -0.1) is 16.2 Å². The molecule has 1 unspecified atom stereocenters. The summed E-state index contributed by atoms with van der Waals surface area (Å²) in [7, 11) is -3.79. The molecular weight excluding hydrogens is 356 g/mol. The molecule has 2 N–H and O–H groups in total. The van der Waals surface area contributed by atoms with Gasteiger partial charge in [0.15, 0.2) is 0 Å². The monoisotopic (exact) mass is 378 g/mol. The minimum Gasteiger partial charge on any atom is -0.273 e. The fraction of sp³-hybridized carbons (Fsp3) is 0.389. The van der Waals surface area contributed by atoms with Crippen LogP contribution in [0.2, 0.25) is 0 Å². The van der Waals surface area contributed by atoms with Crippen molar-refractivity contribution in [2.24, 2.45) is 5.92 Å². The average molecular weight is 379 g/mol. The molecule has 0 bridgehead atoms. The Morgan fingerprint density at radius 1 is 1.20 bits per heavy atom. The van der Waals surface area contributed by atoms with E-state index in [4.69, 9.17) is 0 Å². The second kappa shape index (κ2) is 6.90. The molecule has 0 spiro atoms. The van der Waals surface area contributed by atoms with E-state index in [2.05, 4.69) is 17.2 Å². The molecule has 25 heavy (non-hydrogen) atoms. The second-order valence-electron chi connectivity index (χ2n) is 6.71. The molecule has 3 rings (SSSR count). The Hall–Kier alpha value is -1.70. The van der Waals surface area contributed by atoms with Crippen LogP contribution >= 0.6 is 11.3 Å². The quantitative estimate of drug-likeness (QED) is 0.803. The smallest absolute Gasteiger partial charge is 0.273 e. The zero-order chi connectivity index (χ0) is 18.2. The highest BCUT2D eigenvalue weighted by Gasteiger charge is 2.22. The van der Waals surface area contributed by atoms with E-state index in [0.717, 1.165) is 30.4 Å². The fourth-order valence-electron chi connectivity index (χ4n) is 2.93. The van der Waals surface area contributed by atoms with Crippen LogP contribution in [0.15, 0.2) is 29.2 Å². The van der Waals surface area contributed by atoms with E-state index >= 15 is 0 Å². The van der Waals surface area contributed by atoms with E-state index < -0.39 is 15.9 Å². The van der Waals surface area contributed by atoms with Crippen molar-refractivity contribution in [2.75, 3.05) is 0 Å². The number of benzene rings is 1. The number of rotatable bonds is 4. The normalized spacial score (nSPS) is 17.2. The highest BCUT2D eigenvalue weighted by Crippen LogP contribution is 2.32. The minimum atomic E-state index is -3.79. The Balaban J connectivity index is 1.70. The third-order valence-electron chi connectivity index (χ3n) is 4.64. The molecule has 1 aliphatic carbocycles. The third-order valence-corrected chi connectivity index (χ3v) is 7.12. The number of sulfonamides is 1. The summed E-state index contributed by atoms with van der Waals surface area (Å²) in [5.41, 5.74) is 5.44. The number of hydrogen-bond acceptors (Lipinski definition) is 4. The molecular formula is C18H22N2O3S2. The summed E-state index contributed by atoms with van der Waals surface area (Å²) < 4.78 is 24.7. The highest BCUT2D eigenvalue weighted by atomic mass is 32.2. The summed E-state index contributed by atoms with van der Waals surface area (Å²) in [6, 6.07) is 6.76. The van der Waals surface area contributed by atoms with Gasteiger partial charge in [0.2, 0.25) is 0 Å². The molecule has 1 amide bonds. The van der Waals surface area contributed by atoms with Crippen molar-refractivity contribution in [1.82, 2.24) is 10.3 Å². The predicted molar refractivity (Wildman–Crippen MR) is 99.2 cm³/mol. The first-order chi connectivity index (χ1) is 11.8. The van der Waals surface area contributed by atoms with E-state index in [1.54, 1.807) is 12.1 Å². The molecule has 1 aliphatic rings. The van der Waals surface area contributed by atoms with Crippen molar-refractivity contribution >= 4 is 27.3 Å². The van der Waals surface area contributed by atoms with Gasteiger partial charge in [-0.1, -0.05) is 13.0 Å². The van der Waals surface area contributed by atoms with Gasteiger partial charge in [0.25, 0.3) is 15.9 Å². The molecule has 0 saturated heterocycles. The Morgan fingerprint density at radius 3 is 2.68 bits per heavy atom. The Kier molecular flexibility index (Phi) is 4.99. The first kappa shape index (κ1) is 18.1. The number of aryl methyl sites for hydroxylation is 3. The molecule has 2 aromatic rings. The van der Waals surface area contributed by atoms with Gasteiger partial charge in [-0.3, -0.25) is 10.2 Å². The van der Waals surface area contributed by atoms with Crippen molar-refractivity contribution in [1.29, 1.82) is 0 Å². The Bertz CT molecular complexity index is 916. The van der Waals surface area contributed by atoms with Crippen LogP contribution in [0.25, 0.3) is 0 Å². The first-order valence-corrected chi connectivity index (χ1v) is 10.6. The topological polar surface area (TPSA) is 75.3 Å². The fourth-order valence-corrected chi connectivity index (χ4v) is 4.96. The maximum absolute atomic E-state index is 12.3. The van der Waals surface area contributed by atoms with Crippen molar-refractivity contribution in [3.8, 4) is 0 Å². The van der Waals surface area contributed by atoms with Crippen LogP contribution in [0.1, 0.15) is 44.6 Å². The first-order valence-electron chi connectivity index (χ1n) is 8.27. The molecule has 1 atom stereocenters. The molecule has 0 radical (unpaired) electrons. The van der Waals surface area contributed by atoms with Gasteiger partial charge in [-0.25, -0.2) is 8.42 Å². The van der Waals surface area contributed by atoms with Crippen LogP contribution in [0, 0.1) is 19.8 Å². The lowest BCUT2D eigenvalue weighted by atomic mass is 9.90. The zero-order valence-corrected chi connectivity index (χ0v) is 16.2. The van der Waals surface area contributed by atoms with E-state index in [1.807, 2.05) is 19.9 Å². The lowest BCUT2D eigenvalue weighted by Gasteiger charge is -2.16. The number of carbonyl (C=O) groups excluding carboxylic acids is 1. The van der Waals surface area contributed by atoms with Gasteiger partial charge >= 0.3 is 0 Å².